The number of hydrogen-bond donors (Lipinski definition) is 2. The number of aromatic amines is 1. The Hall–Kier alpha value is -3.49. The van der Waals surface area contributed by atoms with Crippen LogP contribution in [-0.4, -0.2) is 31.2 Å². The van der Waals surface area contributed by atoms with Gasteiger partial charge in [0.05, 0.1) is 17.6 Å². The molecule has 0 bridgehead atoms. The first kappa shape index (κ1) is 15.1. The molecule has 9 nitrogen and oxygen atoms in total. The second-order valence-electron chi connectivity index (χ2n) is 5.57. The molecule has 9 heteroatoms. The van der Waals surface area contributed by atoms with Crippen molar-refractivity contribution in [3.63, 3.8) is 0 Å². The maximum absolute atomic E-state index is 12.3. The van der Waals surface area contributed by atoms with Gasteiger partial charge in [0.15, 0.2) is 5.69 Å². The van der Waals surface area contributed by atoms with Crippen molar-refractivity contribution < 1.29 is 13.8 Å². The fourth-order valence-corrected chi connectivity index (χ4v) is 2.44. The first-order valence-electron chi connectivity index (χ1n) is 7.59. The van der Waals surface area contributed by atoms with Gasteiger partial charge in [0.25, 0.3) is 5.91 Å². The van der Waals surface area contributed by atoms with Crippen LogP contribution in [0.15, 0.2) is 33.3 Å². The summed E-state index contributed by atoms with van der Waals surface area (Å²) in [5.74, 6) is 1.80. The summed E-state index contributed by atoms with van der Waals surface area (Å²) in [6.07, 6.45) is 0. The summed E-state index contributed by atoms with van der Waals surface area (Å²) in [4.78, 5) is 23.9. The molecule has 1 amide bonds. The van der Waals surface area contributed by atoms with Crippen molar-refractivity contribution in [1.82, 2.24) is 30.6 Å². The van der Waals surface area contributed by atoms with Crippen LogP contribution in [0.1, 0.15) is 27.8 Å². The zero-order valence-corrected chi connectivity index (χ0v) is 13.5. The van der Waals surface area contributed by atoms with E-state index in [1.54, 1.807) is 31.2 Å². The number of nitrogens with one attached hydrogen (secondary N) is 2. The summed E-state index contributed by atoms with van der Waals surface area (Å²) in [7, 11) is 0. The van der Waals surface area contributed by atoms with Gasteiger partial charge in [0.1, 0.15) is 11.6 Å². The van der Waals surface area contributed by atoms with E-state index in [0.717, 1.165) is 16.9 Å². The van der Waals surface area contributed by atoms with E-state index in [4.69, 9.17) is 9.05 Å². The first-order chi connectivity index (χ1) is 12.1. The Kier molecular flexibility index (Phi) is 3.53. The molecule has 4 rings (SSSR count). The summed E-state index contributed by atoms with van der Waals surface area (Å²) >= 11 is 0. The van der Waals surface area contributed by atoms with Crippen molar-refractivity contribution in [3.05, 3.63) is 47.3 Å². The van der Waals surface area contributed by atoms with Crippen LogP contribution in [-0.2, 0) is 6.54 Å². The van der Waals surface area contributed by atoms with Crippen LogP contribution in [0.2, 0.25) is 0 Å². The number of nitrogens with zero attached hydrogens (tertiary/aromatic N) is 4. The molecule has 4 aromatic rings. The molecule has 25 heavy (non-hydrogen) atoms. The maximum atomic E-state index is 12.3. The Balaban J connectivity index is 1.45. The highest BCUT2D eigenvalue weighted by molar-refractivity contribution is 5.97. The minimum Gasteiger partial charge on any atom is -0.361 e. The molecule has 0 radical (unpaired) electrons. The SMILES string of the molecule is Cc1nc2ccc(C(=O)NCc3nc(-c4cc(C)on4)no3)cc2[nH]1. The van der Waals surface area contributed by atoms with Crippen molar-refractivity contribution in [1.29, 1.82) is 0 Å². The van der Waals surface area contributed by atoms with E-state index in [-0.39, 0.29) is 18.3 Å². The normalized spacial score (nSPS) is 11.1. The molecule has 0 fully saturated rings. The highest BCUT2D eigenvalue weighted by Crippen LogP contribution is 2.16. The second-order valence-corrected chi connectivity index (χ2v) is 5.57. The zero-order chi connectivity index (χ0) is 17.4. The van der Waals surface area contributed by atoms with Crippen LogP contribution in [0.25, 0.3) is 22.6 Å². The predicted molar refractivity (Wildman–Crippen MR) is 86.5 cm³/mol. The molecule has 0 saturated heterocycles. The topological polar surface area (TPSA) is 123 Å². The maximum Gasteiger partial charge on any atom is 0.251 e. The smallest absolute Gasteiger partial charge is 0.251 e. The number of aromatic nitrogens is 5. The van der Waals surface area contributed by atoms with E-state index >= 15 is 0 Å². The molecule has 0 aliphatic rings. The molecule has 126 valence electrons. The number of aryl methyl sites for hydroxylation is 2. The average Bonchev–Trinajstić information content (AvgIpc) is 3.30. The molecule has 3 heterocycles. The summed E-state index contributed by atoms with van der Waals surface area (Å²) in [6, 6.07) is 6.97. The molecule has 0 saturated carbocycles. The highest BCUT2D eigenvalue weighted by Gasteiger charge is 2.14. The third-order valence-electron chi connectivity index (χ3n) is 3.59. The van der Waals surface area contributed by atoms with Gasteiger partial charge in [-0.2, -0.15) is 4.98 Å². The third kappa shape index (κ3) is 2.99. The lowest BCUT2D eigenvalue weighted by Crippen LogP contribution is -2.22. The van der Waals surface area contributed by atoms with E-state index in [1.165, 1.54) is 0 Å². The minimum atomic E-state index is -0.244. The monoisotopic (exact) mass is 338 g/mol. The van der Waals surface area contributed by atoms with Gasteiger partial charge in [-0.3, -0.25) is 4.79 Å². The minimum absolute atomic E-state index is 0.114. The van der Waals surface area contributed by atoms with Gasteiger partial charge in [-0.1, -0.05) is 10.3 Å². The van der Waals surface area contributed by atoms with Crippen LogP contribution < -0.4 is 5.32 Å². The van der Waals surface area contributed by atoms with Gasteiger partial charge in [-0.05, 0) is 32.0 Å². The zero-order valence-electron chi connectivity index (χ0n) is 13.5. The highest BCUT2D eigenvalue weighted by atomic mass is 16.5. The van der Waals surface area contributed by atoms with Crippen molar-refractivity contribution >= 4 is 16.9 Å². The number of carbonyl (C=O) groups excluding carboxylic acids is 1. The molecule has 0 unspecified atom stereocenters. The number of rotatable bonds is 4. The summed E-state index contributed by atoms with van der Waals surface area (Å²) in [6.45, 7) is 3.75. The van der Waals surface area contributed by atoms with Gasteiger partial charge in [-0.15, -0.1) is 0 Å². The van der Waals surface area contributed by atoms with Gasteiger partial charge in [-0.25, -0.2) is 4.98 Å². The summed E-state index contributed by atoms with van der Waals surface area (Å²) in [5, 5.41) is 10.4. The van der Waals surface area contributed by atoms with Crippen LogP contribution in [0.3, 0.4) is 0 Å². The second kappa shape index (κ2) is 5.86. The van der Waals surface area contributed by atoms with Gasteiger partial charge in [0.2, 0.25) is 11.7 Å². The Bertz CT molecular complexity index is 1060. The van der Waals surface area contributed by atoms with E-state index in [0.29, 0.717) is 22.8 Å². The van der Waals surface area contributed by atoms with Crippen LogP contribution in [0.5, 0.6) is 0 Å². The number of fused-ring (bicyclic) bond motifs is 1. The fraction of sp³-hybridized carbons (Fsp3) is 0.188. The Morgan fingerprint density at radius 3 is 2.84 bits per heavy atom. The van der Waals surface area contributed by atoms with E-state index < -0.39 is 0 Å². The molecule has 1 aromatic carbocycles. The fourth-order valence-electron chi connectivity index (χ4n) is 2.44. The number of carbonyl (C=O) groups is 1. The lowest BCUT2D eigenvalue weighted by atomic mass is 10.2. The third-order valence-corrected chi connectivity index (χ3v) is 3.59. The van der Waals surface area contributed by atoms with Crippen LogP contribution >= 0.6 is 0 Å². The van der Waals surface area contributed by atoms with E-state index in [1.807, 2.05) is 6.92 Å². The number of imidazole rings is 1. The number of benzene rings is 1. The van der Waals surface area contributed by atoms with Gasteiger partial charge in [0, 0.05) is 11.6 Å². The molecule has 3 aromatic heterocycles. The first-order valence-corrected chi connectivity index (χ1v) is 7.59. The standard InChI is InChI=1S/C16H14N6O3/c1-8-5-13(21-24-8)15-20-14(25-22-15)7-17-16(23)10-3-4-11-12(6-10)19-9(2)18-11/h3-6H,7H2,1-2H3,(H,17,23)(H,18,19). The molecule has 2 N–H and O–H groups in total. The molecule has 0 atom stereocenters. The number of hydrogen-bond acceptors (Lipinski definition) is 7. The van der Waals surface area contributed by atoms with Crippen LogP contribution in [0, 0.1) is 13.8 Å². The molecule has 0 aliphatic carbocycles. The Labute approximate surface area is 141 Å². The summed E-state index contributed by atoms with van der Waals surface area (Å²) < 4.78 is 10.1. The largest absolute Gasteiger partial charge is 0.361 e. The number of H-pyrrole nitrogens is 1. The van der Waals surface area contributed by atoms with Crippen molar-refractivity contribution in [2.75, 3.05) is 0 Å². The Morgan fingerprint density at radius 2 is 2.04 bits per heavy atom. The van der Waals surface area contributed by atoms with E-state index in [2.05, 4.69) is 30.6 Å². The van der Waals surface area contributed by atoms with Crippen molar-refractivity contribution in [3.8, 4) is 11.5 Å². The summed E-state index contributed by atoms with van der Waals surface area (Å²) in [5.41, 5.74) is 2.63. The molecular formula is C16H14N6O3. The molecule has 0 aliphatic heterocycles. The van der Waals surface area contributed by atoms with E-state index in [9.17, 15) is 4.79 Å². The quantitative estimate of drug-likeness (QED) is 0.584. The van der Waals surface area contributed by atoms with Gasteiger partial charge < -0.3 is 19.3 Å². The molecule has 0 spiro atoms. The van der Waals surface area contributed by atoms with Crippen molar-refractivity contribution in [2.24, 2.45) is 0 Å². The average molecular weight is 338 g/mol. The van der Waals surface area contributed by atoms with Crippen LogP contribution in [0.4, 0.5) is 0 Å². The lowest BCUT2D eigenvalue weighted by Gasteiger charge is -2.02. The number of amides is 1. The van der Waals surface area contributed by atoms with Crippen molar-refractivity contribution in [2.45, 2.75) is 20.4 Å². The van der Waals surface area contributed by atoms with Gasteiger partial charge >= 0.3 is 0 Å². The predicted octanol–water partition coefficient (Wildman–Crippen LogP) is 2.15. The molecular weight excluding hydrogens is 324 g/mol. The Morgan fingerprint density at radius 1 is 1.16 bits per heavy atom. The lowest BCUT2D eigenvalue weighted by molar-refractivity contribution is 0.0946.